The molecule has 1 aromatic carbocycles. The smallest absolute Gasteiger partial charge is 0.198 e. The largest absolute Gasteiger partial charge is 0.299 e. The molecule has 0 fully saturated rings. The first-order chi connectivity index (χ1) is 12.3. The molecule has 2 aliphatic heterocycles. The highest BCUT2D eigenvalue weighted by atomic mass is 32.2. The predicted molar refractivity (Wildman–Crippen MR) is 100 cm³/mol. The van der Waals surface area contributed by atoms with Crippen LogP contribution < -0.4 is 10.3 Å². The fraction of sp³-hybridized carbons (Fsp3) is 0.278. The van der Waals surface area contributed by atoms with Crippen molar-refractivity contribution in [3.63, 3.8) is 0 Å². The number of carbonyl (C=O) groups is 2. The molecule has 3 rings (SSSR count). The number of Topliss-reactive ketones (excluding diaryl/α,β-unsaturated/α-hetero) is 2. The van der Waals surface area contributed by atoms with Gasteiger partial charge in [0.05, 0.1) is 11.4 Å². The summed E-state index contributed by atoms with van der Waals surface area (Å²) >= 11 is 1.39. The van der Waals surface area contributed by atoms with E-state index < -0.39 is 17.5 Å². The summed E-state index contributed by atoms with van der Waals surface area (Å²) in [6.45, 7) is 6.48. The van der Waals surface area contributed by atoms with Gasteiger partial charge in [-0.2, -0.15) is 5.26 Å². The molecule has 0 bridgehead atoms. The maximum atomic E-state index is 12.0. The summed E-state index contributed by atoms with van der Waals surface area (Å²) in [6.07, 6.45) is 0. The number of nitriles is 1. The van der Waals surface area contributed by atoms with E-state index >= 15 is 0 Å². The van der Waals surface area contributed by atoms with Gasteiger partial charge in [0.25, 0.3) is 0 Å². The van der Waals surface area contributed by atoms with Gasteiger partial charge in [0.1, 0.15) is 29.1 Å². The van der Waals surface area contributed by atoms with E-state index in [0.717, 1.165) is 21.7 Å². The Kier molecular flexibility index (Phi) is 4.42. The maximum Gasteiger partial charge on any atom is 0.198 e. The number of fused-ring (bicyclic) bond motifs is 3. The topological polar surface area (TPSA) is 109 Å². The van der Waals surface area contributed by atoms with Gasteiger partial charge < -0.3 is 0 Å². The van der Waals surface area contributed by atoms with Crippen LogP contribution in [0.1, 0.15) is 25.0 Å². The monoisotopic (exact) mass is 367 g/mol. The molecule has 0 aliphatic carbocycles. The van der Waals surface area contributed by atoms with Gasteiger partial charge in [0, 0.05) is 4.90 Å². The number of ketones is 2. The van der Waals surface area contributed by atoms with Gasteiger partial charge in [-0.3, -0.25) is 25.3 Å². The molecule has 0 unspecified atom stereocenters. The van der Waals surface area contributed by atoms with Crippen LogP contribution in [0.2, 0.25) is 0 Å². The maximum absolute atomic E-state index is 12.0. The number of nitrogens with zero attached hydrogens (tertiary/aromatic N) is 3. The highest BCUT2D eigenvalue weighted by molar-refractivity contribution is 8.15. The third-order valence-electron chi connectivity index (χ3n) is 4.35. The highest BCUT2D eigenvalue weighted by Crippen LogP contribution is 2.45. The molecule has 7 nitrogen and oxygen atoms in total. The lowest BCUT2D eigenvalue weighted by atomic mass is 9.93. The molecule has 0 radical (unpaired) electrons. The van der Waals surface area contributed by atoms with E-state index in [0.29, 0.717) is 5.17 Å². The van der Waals surface area contributed by atoms with Crippen molar-refractivity contribution in [3.05, 3.63) is 34.5 Å². The Morgan fingerprint density at radius 2 is 1.88 bits per heavy atom. The van der Waals surface area contributed by atoms with Gasteiger partial charge in [-0.15, -0.1) is 5.10 Å². The Morgan fingerprint density at radius 3 is 2.46 bits per heavy atom. The SMILES string of the molecule is CC(=O)C(C(C)=O)C1=C(C#N)C(=N)N2C(=NN1)Sc1c(C)ccc(C)c12. The number of benzene rings is 1. The van der Waals surface area contributed by atoms with Crippen LogP contribution in [0.15, 0.2) is 33.4 Å². The summed E-state index contributed by atoms with van der Waals surface area (Å²) in [6, 6.07) is 5.93. The van der Waals surface area contributed by atoms with Crippen LogP contribution in [-0.4, -0.2) is 22.6 Å². The second-order valence-electron chi connectivity index (χ2n) is 6.22. The lowest BCUT2D eigenvalue weighted by Crippen LogP contribution is -2.33. The fourth-order valence-corrected chi connectivity index (χ4v) is 4.23. The molecule has 1 aromatic rings. The number of thioether (sulfide) groups is 1. The number of hydrazone groups is 1. The van der Waals surface area contributed by atoms with Crippen LogP contribution in [0.5, 0.6) is 0 Å². The summed E-state index contributed by atoms with van der Waals surface area (Å²) in [5, 5.41) is 23.1. The molecule has 0 saturated carbocycles. The Morgan fingerprint density at radius 1 is 1.27 bits per heavy atom. The van der Waals surface area contributed by atoms with Crippen molar-refractivity contribution in [2.45, 2.75) is 32.6 Å². The molecule has 0 aromatic heterocycles. The van der Waals surface area contributed by atoms with Gasteiger partial charge in [-0.05, 0) is 50.6 Å². The van der Waals surface area contributed by atoms with Crippen LogP contribution in [0.4, 0.5) is 5.69 Å². The Hall–Kier alpha value is -2.92. The van der Waals surface area contributed by atoms with E-state index in [-0.39, 0.29) is 17.1 Å². The van der Waals surface area contributed by atoms with Gasteiger partial charge in [-0.25, -0.2) is 0 Å². The summed E-state index contributed by atoms with van der Waals surface area (Å²) in [5.74, 6) is -2.04. The molecule has 132 valence electrons. The van der Waals surface area contributed by atoms with Gasteiger partial charge in [0.15, 0.2) is 11.0 Å². The van der Waals surface area contributed by atoms with Crippen LogP contribution >= 0.6 is 11.8 Å². The zero-order valence-electron chi connectivity index (χ0n) is 14.8. The number of rotatable bonds is 3. The van der Waals surface area contributed by atoms with E-state index in [1.165, 1.54) is 25.6 Å². The Bertz CT molecular complexity index is 957. The highest BCUT2D eigenvalue weighted by Gasteiger charge is 2.39. The first-order valence-electron chi connectivity index (χ1n) is 7.93. The van der Waals surface area contributed by atoms with Gasteiger partial charge in [-0.1, -0.05) is 12.1 Å². The Balaban J connectivity index is 2.21. The van der Waals surface area contributed by atoms with Crippen molar-refractivity contribution in [3.8, 4) is 6.07 Å². The van der Waals surface area contributed by atoms with E-state index in [4.69, 9.17) is 5.41 Å². The van der Waals surface area contributed by atoms with Gasteiger partial charge >= 0.3 is 0 Å². The number of anilines is 1. The minimum Gasteiger partial charge on any atom is -0.299 e. The number of nitrogens with one attached hydrogen (secondary N) is 2. The average Bonchev–Trinajstić information content (AvgIpc) is 2.90. The van der Waals surface area contributed by atoms with Crippen molar-refractivity contribution in [1.29, 1.82) is 10.7 Å². The minimum atomic E-state index is -1.14. The average molecular weight is 367 g/mol. The Labute approximate surface area is 155 Å². The first kappa shape index (κ1) is 17.9. The van der Waals surface area contributed by atoms with Crippen LogP contribution in [-0.2, 0) is 9.59 Å². The number of hydrogen-bond donors (Lipinski definition) is 2. The lowest BCUT2D eigenvalue weighted by molar-refractivity contribution is -0.128. The number of amidine groups is 2. The predicted octanol–water partition coefficient (Wildman–Crippen LogP) is 2.64. The van der Waals surface area contributed by atoms with E-state index in [1.54, 1.807) is 4.90 Å². The molecule has 0 spiro atoms. The summed E-state index contributed by atoms with van der Waals surface area (Å²) in [7, 11) is 0. The van der Waals surface area contributed by atoms with Crippen molar-refractivity contribution < 1.29 is 9.59 Å². The normalized spacial score (nSPS) is 15.8. The second kappa shape index (κ2) is 6.42. The van der Waals surface area contributed by atoms with E-state index in [2.05, 4.69) is 10.5 Å². The molecule has 2 heterocycles. The van der Waals surface area contributed by atoms with E-state index in [1.807, 2.05) is 32.0 Å². The van der Waals surface area contributed by atoms with Crippen LogP contribution in [0.3, 0.4) is 0 Å². The van der Waals surface area contributed by atoms with Crippen LogP contribution in [0.25, 0.3) is 0 Å². The summed E-state index contributed by atoms with van der Waals surface area (Å²) in [4.78, 5) is 26.5. The first-order valence-corrected chi connectivity index (χ1v) is 8.75. The van der Waals surface area contributed by atoms with E-state index in [9.17, 15) is 14.9 Å². The summed E-state index contributed by atoms with van der Waals surface area (Å²) < 4.78 is 0. The van der Waals surface area contributed by atoms with Gasteiger partial charge in [0.2, 0.25) is 0 Å². The van der Waals surface area contributed by atoms with Crippen molar-refractivity contribution in [2.75, 3.05) is 4.90 Å². The number of allylic oxidation sites excluding steroid dienone is 1. The number of hydrogen-bond acceptors (Lipinski definition) is 7. The third-order valence-corrected chi connectivity index (χ3v) is 5.53. The standard InChI is InChI=1S/C18H17N5O2S/c1-8-5-6-9(2)16-15(8)23-17(20)12(7-19)14(21-22-18(23)26-16)13(10(3)24)11(4)25/h5-6,13,20-21H,1-4H3. The third kappa shape index (κ3) is 2.61. The van der Waals surface area contributed by atoms with Crippen molar-refractivity contribution >= 4 is 40.0 Å². The zero-order valence-corrected chi connectivity index (χ0v) is 15.6. The fourth-order valence-electron chi connectivity index (χ4n) is 3.11. The molecule has 8 heteroatoms. The molecule has 2 N–H and O–H groups in total. The molecule has 2 aliphatic rings. The van der Waals surface area contributed by atoms with Crippen LogP contribution in [0, 0.1) is 36.5 Å². The number of aryl methyl sites for hydroxylation is 2. The molecule has 26 heavy (non-hydrogen) atoms. The number of carbonyl (C=O) groups excluding carboxylic acids is 2. The molecule has 0 saturated heterocycles. The minimum absolute atomic E-state index is 0.0616. The molecule has 0 atom stereocenters. The molecular formula is C18H17N5O2S. The molecular weight excluding hydrogens is 350 g/mol. The lowest BCUT2D eigenvalue weighted by Gasteiger charge is -2.20. The zero-order chi connectivity index (χ0) is 19.2. The summed E-state index contributed by atoms with van der Waals surface area (Å²) in [5.41, 5.74) is 5.52. The second-order valence-corrected chi connectivity index (χ2v) is 7.20. The quantitative estimate of drug-likeness (QED) is 0.795. The molecule has 0 amide bonds. The van der Waals surface area contributed by atoms with Crippen molar-refractivity contribution in [1.82, 2.24) is 5.43 Å². The van der Waals surface area contributed by atoms with Crippen molar-refractivity contribution in [2.24, 2.45) is 11.0 Å².